The average molecular weight is 432 g/mol. The maximum absolute atomic E-state index is 5.84. The third kappa shape index (κ3) is 4.46. The molecule has 1 N–H and O–H groups in total. The minimum atomic E-state index is 0. The first kappa shape index (κ1) is 20.3. The molecular formula is C23H18ClN5O2. The quantitative estimate of drug-likeness (QED) is 0.368. The van der Waals surface area contributed by atoms with Crippen LogP contribution in [0.5, 0.6) is 11.5 Å². The summed E-state index contributed by atoms with van der Waals surface area (Å²) < 4.78 is 11.4. The summed E-state index contributed by atoms with van der Waals surface area (Å²) in [5, 5.41) is 12.2. The SMILES string of the molecule is Cc1nnc(-c2ccc3ncnc(Nc4ccc(Oc5ccccc5)cc4)c3c2)o1.Cl. The van der Waals surface area contributed by atoms with Crippen LogP contribution in [0.4, 0.5) is 11.5 Å². The van der Waals surface area contributed by atoms with Crippen molar-refractivity contribution in [3.63, 3.8) is 0 Å². The van der Waals surface area contributed by atoms with Gasteiger partial charge in [0.05, 0.1) is 5.52 Å². The molecule has 5 rings (SSSR count). The Bertz CT molecular complexity index is 1310. The molecule has 154 valence electrons. The highest BCUT2D eigenvalue weighted by atomic mass is 35.5. The number of nitrogens with zero attached hydrogens (tertiary/aromatic N) is 4. The zero-order chi connectivity index (χ0) is 20.3. The lowest BCUT2D eigenvalue weighted by atomic mass is 10.1. The van der Waals surface area contributed by atoms with E-state index in [0.29, 0.717) is 17.6 Å². The highest BCUT2D eigenvalue weighted by Gasteiger charge is 2.10. The molecule has 0 fully saturated rings. The molecule has 0 amide bonds. The summed E-state index contributed by atoms with van der Waals surface area (Å²) in [6.45, 7) is 1.76. The summed E-state index contributed by atoms with van der Waals surface area (Å²) >= 11 is 0. The van der Waals surface area contributed by atoms with Crippen molar-refractivity contribution in [2.24, 2.45) is 0 Å². The molecule has 5 aromatic rings. The minimum absolute atomic E-state index is 0. The van der Waals surface area contributed by atoms with Crippen molar-refractivity contribution in [1.82, 2.24) is 20.2 Å². The van der Waals surface area contributed by atoms with E-state index in [1.54, 1.807) is 6.92 Å². The molecular weight excluding hydrogens is 414 g/mol. The zero-order valence-electron chi connectivity index (χ0n) is 16.5. The summed E-state index contributed by atoms with van der Waals surface area (Å²) in [6.07, 6.45) is 1.54. The fourth-order valence-electron chi connectivity index (χ4n) is 3.07. The number of fused-ring (bicyclic) bond motifs is 1. The highest BCUT2D eigenvalue weighted by Crippen LogP contribution is 2.29. The van der Waals surface area contributed by atoms with E-state index in [0.717, 1.165) is 33.7 Å². The Morgan fingerprint density at radius 3 is 2.35 bits per heavy atom. The van der Waals surface area contributed by atoms with E-state index in [1.165, 1.54) is 6.33 Å². The van der Waals surface area contributed by atoms with Gasteiger partial charge >= 0.3 is 0 Å². The van der Waals surface area contributed by atoms with E-state index >= 15 is 0 Å². The van der Waals surface area contributed by atoms with Gasteiger partial charge in [0, 0.05) is 23.6 Å². The molecule has 0 spiro atoms. The fourth-order valence-corrected chi connectivity index (χ4v) is 3.07. The average Bonchev–Trinajstić information content (AvgIpc) is 3.22. The van der Waals surface area contributed by atoms with Crippen molar-refractivity contribution >= 4 is 34.8 Å². The topological polar surface area (TPSA) is 86.0 Å². The predicted molar refractivity (Wildman–Crippen MR) is 121 cm³/mol. The number of hydrogen-bond acceptors (Lipinski definition) is 7. The van der Waals surface area contributed by atoms with Crippen LogP contribution < -0.4 is 10.1 Å². The van der Waals surface area contributed by atoms with Gasteiger partial charge in [-0.3, -0.25) is 0 Å². The Morgan fingerprint density at radius 2 is 1.61 bits per heavy atom. The van der Waals surface area contributed by atoms with Gasteiger partial charge < -0.3 is 14.5 Å². The number of para-hydroxylation sites is 1. The Labute approximate surface area is 184 Å². The Hall–Kier alpha value is -3.97. The van der Waals surface area contributed by atoms with Crippen molar-refractivity contribution < 1.29 is 9.15 Å². The highest BCUT2D eigenvalue weighted by molar-refractivity contribution is 5.93. The predicted octanol–water partition coefficient (Wildman–Crippen LogP) is 5.95. The smallest absolute Gasteiger partial charge is 0.247 e. The van der Waals surface area contributed by atoms with Crippen LogP contribution in [0, 0.1) is 6.92 Å². The second kappa shape index (κ2) is 8.81. The number of nitrogens with one attached hydrogen (secondary N) is 1. The van der Waals surface area contributed by atoms with Crippen LogP contribution in [0.25, 0.3) is 22.4 Å². The normalized spacial score (nSPS) is 10.5. The van der Waals surface area contributed by atoms with Crippen LogP contribution in [0.3, 0.4) is 0 Å². The molecule has 0 aliphatic rings. The summed E-state index contributed by atoms with van der Waals surface area (Å²) in [6, 6.07) is 23.1. The Balaban J connectivity index is 0.00000231. The van der Waals surface area contributed by atoms with Gasteiger partial charge in [0.15, 0.2) is 0 Å². The summed E-state index contributed by atoms with van der Waals surface area (Å²) in [5.74, 6) is 3.23. The van der Waals surface area contributed by atoms with E-state index in [2.05, 4.69) is 25.5 Å². The van der Waals surface area contributed by atoms with Crippen LogP contribution in [-0.2, 0) is 0 Å². The van der Waals surface area contributed by atoms with Crippen molar-refractivity contribution in [3.8, 4) is 23.0 Å². The lowest BCUT2D eigenvalue weighted by Gasteiger charge is -2.10. The van der Waals surface area contributed by atoms with E-state index < -0.39 is 0 Å². The number of aromatic nitrogens is 4. The summed E-state index contributed by atoms with van der Waals surface area (Å²) in [5.41, 5.74) is 2.51. The fraction of sp³-hybridized carbons (Fsp3) is 0.0435. The molecule has 31 heavy (non-hydrogen) atoms. The standard InChI is InChI=1S/C23H17N5O2.ClH/c1-15-27-28-23(29-15)16-7-12-21-20(13-16)22(25-14-24-21)26-17-8-10-19(11-9-17)30-18-5-3-2-4-6-18;/h2-14H,1H3,(H,24,25,26);1H. The third-order valence-electron chi connectivity index (χ3n) is 4.50. The van der Waals surface area contributed by atoms with Crippen LogP contribution in [0.2, 0.25) is 0 Å². The molecule has 3 aromatic carbocycles. The van der Waals surface area contributed by atoms with Crippen LogP contribution in [0.1, 0.15) is 5.89 Å². The molecule has 0 unspecified atom stereocenters. The molecule has 0 aliphatic heterocycles. The van der Waals surface area contributed by atoms with E-state index in [9.17, 15) is 0 Å². The molecule has 0 saturated carbocycles. The summed E-state index contributed by atoms with van der Waals surface area (Å²) in [7, 11) is 0. The molecule has 7 nitrogen and oxygen atoms in total. The van der Waals surface area contributed by atoms with Gasteiger partial charge in [-0.1, -0.05) is 18.2 Å². The monoisotopic (exact) mass is 431 g/mol. The van der Waals surface area contributed by atoms with Gasteiger partial charge in [-0.2, -0.15) is 0 Å². The summed E-state index contributed by atoms with van der Waals surface area (Å²) in [4.78, 5) is 8.76. The van der Waals surface area contributed by atoms with Gasteiger partial charge in [0.25, 0.3) is 0 Å². The molecule has 0 saturated heterocycles. The molecule has 0 atom stereocenters. The minimum Gasteiger partial charge on any atom is -0.457 e. The van der Waals surface area contributed by atoms with Gasteiger partial charge in [0.2, 0.25) is 11.8 Å². The first-order valence-electron chi connectivity index (χ1n) is 9.40. The first-order chi connectivity index (χ1) is 14.7. The van der Waals surface area contributed by atoms with Gasteiger partial charge in [-0.15, -0.1) is 22.6 Å². The van der Waals surface area contributed by atoms with Crippen LogP contribution in [-0.4, -0.2) is 20.2 Å². The molecule has 2 aromatic heterocycles. The first-order valence-corrected chi connectivity index (χ1v) is 9.40. The molecule has 0 radical (unpaired) electrons. The number of benzene rings is 3. The van der Waals surface area contributed by atoms with Crippen molar-refractivity contribution in [1.29, 1.82) is 0 Å². The number of ether oxygens (including phenoxy) is 1. The lowest BCUT2D eigenvalue weighted by molar-refractivity contribution is 0.483. The number of anilines is 2. The Morgan fingerprint density at radius 1 is 0.839 bits per heavy atom. The molecule has 0 bridgehead atoms. The second-order valence-corrected chi connectivity index (χ2v) is 6.64. The Kier molecular flexibility index (Phi) is 5.77. The van der Waals surface area contributed by atoms with Crippen LogP contribution >= 0.6 is 12.4 Å². The van der Waals surface area contributed by atoms with Crippen molar-refractivity contribution in [2.75, 3.05) is 5.32 Å². The number of aryl methyl sites for hydroxylation is 1. The lowest BCUT2D eigenvalue weighted by Crippen LogP contribution is -1.96. The molecule has 8 heteroatoms. The van der Waals surface area contributed by atoms with Crippen molar-refractivity contribution in [3.05, 3.63) is 85.0 Å². The number of hydrogen-bond donors (Lipinski definition) is 1. The number of halogens is 1. The van der Waals surface area contributed by atoms with Crippen molar-refractivity contribution in [2.45, 2.75) is 6.92 Å². The maximum Gasteiger partial charge on any atom is 0.247 e. The van der Waals surface area contributed by atoms with Gasteiger partial charge in [0.1, 0.15) is 23.6 Å². The zero-order valence-corrected chi connectivity index (χ0v) is 17.3. The maximum atomic E-state index is 5.84. The van der Waals surface area contributed by atoms with E-state index in [1.807, 2.05) is 72.8 Å². The number of rotatable bonds is 5. The second-order valence-electron chi connectivity index (χ2n) is 6.64. The van der Waals surface area contributed by atoms with Crippen LogP contribution in [0.15, 0.2) is 83.5 Å². The molecule has 2 heterocycles. The third-order valence-corrected chi connectivity index (χ3v) is 4.50. The van der Waals surface area contributed by atoms with Gasteiger partial charge in [-0.05, 0) is 54.6 Å². The molecule has 0 aliphatic carbocycles. The van der Waals surface area contributed by atoms with Gasteiger partial charge in [-0.25, -0.2) is 9.97 Å². The van der Waals surface area contributed by atoms with E-state index in [4.69, 9.17) is 9.15 Å². The largest absolute Gasteiger partial charge is 0.457 e. The van der Waals surface area contributed by atoms with E-state index in [-0.39, 0.29) is 12.4 Å².